The second-order valence-electron chi connectivity index (χ2n) is 4.82. The average Bonchev–Trinajstić information content (AvgIpc) is 2.87. The van der Waals surface area contributed by atoms with E-state index >= 15 is 0 Å². The first kappa shape index (κ1) is 16.7. The van der Waals surface area contributed by atoms with Gasteiger partial charge in [0.2, 0.25) is 15.9 Å². The monoisotopic (exact) mass is 340 g/mol. The molecule has 1 aliphatic heterocycles. The van der Waals surface area contributed by atoms with E-state index in [0.717, 1.165) is 0 Å². The van der Waals surface area contributed by atoms with Crippen molar-refractivity contribution in [2.24, 2.45) is 5.73 Å². The quantitative estimate of drug-likeness (QED) is 0.847. The first-order valence-electron chi connectivity index (χ1n) is 6.23. The second kappa shape index (κ2) is 5.51. The molecule has 122 valence electrons. The van der Waals surface area contributed by atoms with Crippen LogP contribution in [0.3, 0.4) is 0 Å². The fourth-order valence-electron chi connectivity index (χ4n) is 2.32. The molecule has 1 fully saturated rings. The lowest BCUT2D eigenvalue weighted by Crippen LogP contribution is -2.43. The van der Waals surface area contributed by atoms with E-state index in [1.165, 1.54) is 0 Å². The molecular formula is C12H12F4N2O3S. The first-order chi connectivity index (χ1) is 10.0. The van der Waals surface area contributed by atoms with Gasteiger partial charge in [-0.2, -0.15) is 17.5 Å². The van der Waals surface area contributed by atoms with Gasteiger partial charge in [-0.1, -0.05) is 0 Å². The van der Waals surface area contributed by atoms with E-state index in [-0.39, 0.29) is 19.0 Å². The van der Waals surface area contributed by atoms with Crippen molar-refractivity contribution >= 4 is 15.9 Å². The van der Waals surface area contributed by atoms with Crippen molar-refractivity contribution in [2.45, 2.75) is 30.0 Å². The van der Waals surface area contributed by atoms with Gasteiger partial charge >= 0.3 is 6.18 Å². The van der Waals surface area contributed by atoms with Crippen LogP contribution in [0.15, 0.2) is 23.1 Å². The lowest BCUT2D eigenvalue weighted by Gasteiger charge is -2.22. The summed E-state index contributed by atoms with van der Waals surface area (Å²) in [6.45, 7) is -0.106. The number of amides is 1. The number of primary amides is 1. The maximum absolute atomic E-state index is 13.7. The summed E-state index contributed by atoms with van der Waals surface area (Å²) in [6.07, 6.45) is -4.35. The summed E-state index contributed by atoms with van der Waals surface area (Å²) in [5.74, 6) is -2.24. The number of carbonyl (C=O) groups excluding carboxylic acids is 1. The fraction of sp³-hybridized carbons (Fsp3) is 0.417. The number of carbonyl (C=O) groups is 1. The number of nitrogens with two attached hydrogens (primary N) is 1. The van der Waals surface area contributed by atoms with Gasteiger partial charge in [-0.15, -0.1) is 0 Å². The predicted molar refractivity (Wildman–Crippen MR) is 67.5 cm³/mol. The van der Waals surface area contributed by atoms with Gasteiger partial charge in [-0.3, -0.25) is 4.79 Å². The lowest BCUT2D eigenvalue weighted by atomic mass is 10.2. The van der Waals surface area contributed by atoms with Crippen LogP contribution in [0.1, 0.15) is 18.4 Å². The number of alkyl halides is 3. The number of nitrogens with zero attached hydrogens (tertiary/aromatic N) is 1. The molecule has 0 radical (unpaired) electrons. The van der Waals surface area contributed by atoms with Crippen LogP contribution in [0.25, 0.3) is 0 Å². The fourth-order valence-corrected chi connectivity index (χ4v) is 4.07. The van der Waals surface area contributed by atoms with Gasteiger partial charge in [0, 0.05) is 6.54 Å². The van der Waals surface area contributed by atoms with Gasteiger partial charge in [-0.05, 0) is 31.0 Å². The van der Waals surface area contributed by atoms with Crippen LogP contribution in [-0.2, 0) is 21.0 Å². The normalized spacial score (nSPS) is 20.3. The highest BCUT2D eigenvalue weighted by molar-refractivity contribution is 7.89. The molecule has 1 heterocycles. The molecule has 2 rings (SSSR count). The average molecular weight is 340 g/mol. The van der Waals surface area contributed by atoms with Gasteiger partial charge in [0.15, 0.2) is 0 Å². The third kappa shape index (κ3) is 2.93. The number of halogens is 4. The van der Waals surface area contributed by atoms with Gasteiger partial charge in [-0.25, -0.2) is 12.8 Å². The number of rotatable bonds is 3. The molecule has 0 bridgehead atoms. The Morgan fingerprint density at radius 1 is 1.32 bits per heavy atom. The minimum Gasteiger partial charge on any atom is -0.368 e. The molecule has 5 nitrogen and oxygen atoms in total. The van der Waals surface area contributed by atoms with E-state index in [0.29, 0.717) is 22.9 Å². The van der Waals surface area contributed by atoms with E-state index in [1.807, 2.05) is 0 Å². The summed E-state index contributed by atoms with van der Waals surface area (Å²) >= 11 is 0. The highest BCUT2D eigenvalue weighted by Crippen LogP contribution is 2.33. The third-order valence-corrected chi connectivity index (χ3v) is 5.30. The van der Waals surface area contributed by atoms with Crippen LogP contribution in [0.2, 0.25) is 0 Å². The Kier molecular flexibility index (Phi) is 4.18. The highest BCUT2D eigenvalue weighted by atomic mass is 32.2. The Bertz CT molecular complexity index is 703. The molecule has 22 heavy (non-hydrogen) atoms. The highest BCUT2D eigenvalue weighted by Gasteiger charge is 2.41. The van der Waals surface area contributed by atoms with E-state index < -0.39 is 44.4 Å². The van der Waals surface area contributed by atoms with Crippen molar-refractivity contribution < 1.29 is 30.8 Å². The van der Waals surface area contributed by atoms with Crippen molar-refractivity contribution in [3.05, 3.63) is 29.6 Å². The van der Waals surface area contributed by atoms with Crippen LogP contribution >= 0.6 is 0 Å². The number of sulfonamides is 1. The third-order valence-electron chi connectivity index (χ3n) is 3.38. The molecule has 2 N–H and O–H groups in total. The van der Waals surface area contributed by atoms with Crippen LogP contribution in [-0.4, -0.2) is 31.2 Å². The molecule has 0 spiro atoms. The van der Waals surface area contributed by atoms with Crippen molar-refractivity contribution in [2.75, 3.05) is 6.54 Å². The molecule has 1 aromatic carbocycles. The molecule has 1 unspecified atom stereocenters. The Hall–Kier alpha value is -1.68. The molecule has 1 amide bonds. The Morgan fingerprint density at radius 3 is 2.50 bits per heavy atom. The smallest absolute Gasteiger partial charge is 0.368 e. The predicted octanol–water partition coefficient (Wildman–Crippen LogP) is 1.48. The van der Waals surface area contributed by atoms with Gasteiger partial charge in [0.1, 0.15) is 16.8 Å². The first-order valence-corrected chi connectivity index (χ1v) is 7.67. The number of hydrogen-bond donors (Lipinski definition) is 1. The molecule has 1 saturated heterocycles. The number of hydrogen-bond acceptors (Lipinski definition) is 3. The molecule has 0 aliphatic carbocycles. The minimum atomic E-state index is -4.81. The van der Waals surface area contributed by atoms with Crippen LogP contribution in [0.5, 0.6) is 0 Å². The zero-order valence-corrected chi connectivity index (χ0v) is 11.9. The van der Waals surface area contributed by atoms with Crippen molar-refractivity contribution in [3.8, 4) is 0 Å². The van der Waals surface area contributed by atoms with Crippen molar-refractivity contribution in [1.82, 2.24) is 4.31 Å². The van der Waals surface area contributed by atoms with Crippen LogP contribution < -0.4 is 5.73 Å². The topological polar surface area (TPSA) is 80.5 Å². The maximum Gasteiger partial charge on any atom is 0.416 e. The second-order valence-corrected chi connectivity index (χ2v) is 6.68. The summed E-state index contributed by atoms with van der Waals surface area (Å²) < 4.78 is 77.1. The van der Waals surface area contributed by atoms with Crippen LogP contribution in [0, 0.1) is 5.82 Å². The standard InChI is InChI=1S/C12H12F4N2O3S/c13-8-4-3-7(12(14,15)16)6-10(8)22(20,21)18-5-1-2-9(18)11(17)19/h3-4,6,9H,1-2,5H2,(H2,17,19). The largest absolute Gasteiger partial charge is 0.416 e. The molecule has 10 heteroatoms. The Morgan fingerprint density at radius 2 is 1.95 bits per heavy atom. The van der Waals surface area contributed by atoms with Crippen molar-refractivity contribution in [1.29, 1.82) is 0 Å². The molecule has 1 aromatic rings. The summed E-state index contributed by atoms with van der Waals surface area (Å²) in [6, 6.07) is -0.0744. The minimum absolute atomic E-state index is 0.106. The zero-order valence-electron chi connectivity index (χ0n) is 11.1. The summed E-state index contributed by atoms with van der Waals surface area (Å²) in [7, 11) is -4.59. The Balaban J connectivity index is 2.52. The molecular weight excluding hydrogens is 328 g/mol. The van der Waals surface area contributed by atoms with Crippen molar-refractivity contribution in [3.63, 3.8) is 0 Å². The zero-order chi connectivity index (χ0) is 16.7. The molecule has 0 aromatic heterocycles. The van der Waals surface area contributed by atoms with Gasteiger partial charge < -0.3 is 5.73 Å². The molecule has 1 aliphatic rings. The summed E-state index contributed by atoms with van der Waals surface area (Å²) in [5, 5.41) is 0. The lowest BCUT2D eigenvalue weighted by molar-refractivity contribution is -0.137. The van der Waals surface area contributed by atoms with Gasteiger partial charge in [0.25, 0.3) is 0 Å². The van der Waals surface area contributed by atoms with E-state index in [4.69, 9.17) is 5.73 Å². The maximum atomic E-state index is 13.7. The van der Waals surface area contributed by atoms with Gasteiger partial charge in [0.05, 0.1) is 5.56 Å². The molecule has 0 saturated carbocycles. The Labute approximate surface area is 123 Å². The van der Waals surface area contributed by atoms with E-state index in [9.17, 15) is 30.8 Å². The summed E-state index contributed by atoms with van der Waals surface area (Å²) in [4.78, 5) is 10.1. The summed E-state index contributed by atoms with van der Waals surface area (Å²) in [5.41, 5.74) is 3.79. The van der Waals surface area contributed by atoms with E-state index in [2.05, 4.69) is 0 Å². The van der Waals surface area contributed by atoms with E-state index in [1.54, 1.807) is 0 Å². The number of benzene rings is 1. The SMILES string of the molecule is NC(=O)C1CCCN1S(=O)(=O)c1cc(C(F)(F)F)ccc1F. The molecule has 1 atom stereocenters. The van der Waals surface area contributed by atoms with Crippen LogP contribution in [0.4, 0.5) is 17.6 Å².